The molecule has 0 bridgehead atoms. The second-order valence-electron chi connectivity index (χ2n) is 6.42. The van der Waals surface area contributed by atoms with Crippen LogP contribution < -0.4 is 0 Å². The molecule has 25 heavy (non-hydrogen) atoms. The Hall–Kier alpha value is -0.530. The van der Waals surface area contributed by atoms with Crippen LogP contribution in [-0.4, -0.2) is 55.5 Å². The fourth-order valence-electron chi connectivity index (χ4n) is 3.42. The Balaban J connectivity index is 2.28. The molecular formula is C12H18F5NO5S2. The fourth-order valence-corrected chi connectivity index (χ4v) is 5.39. The highest BCUT2D eigenvalue weighted by Crippen LogP contribution is 2.44. The van der Waals surface area contributed by atoms with Gasteiger partial charge in [0.2, 0.25) is 0 Å². The Morgan fingerprint density at radius 2 is 1.44 bits per heavy atom. The van der Waals surface area contributed by atoms with Crippen molar-refractivity contribution in [3.05, 3.63) is 0 Å². The summed E-state index contributed by atoms with van der Waals surface area (Å²) < 4.78 is 121. The minimum absolute atomic E-state index is 0.134. The molecule has 0 radical (unpaired) electrons. The van der Waals surface area contributed by atoms with Crippen LogP contribution in [0.4, 0.5) is 22.0 Å². The number of nitrogens with zero attached hydrogens (tertiary/aromatic N) is 1. The van der Waals surface area contributed by atoms with Gasteiger partial charge in [0.1, 0.15) is 0 Å². The Labute approximate surface area is 142 Å². The van der Waals surface area contributed by atoms with E-state index in [0.717, 1.165) is 19.3 Å². The van der Waals surface area contributed by atoms with Gasteiger partial charge in [-0.2, -0.15) is 30.3 Å². The highest BCUT2D eigenvalue weighted by atomic mass is 32.2. The Bertz CT molecular complexity index is 711. The monoisotopic (exact) mass is 415 g/mol. The van der Waals surface area contributed by atoms with E-state index in [0.29, 0.717) is 6.42 Å². The van der Waals surface area contributed by atoms with Crippen LogP contribution in [0.5, 0.6) is 0 Å². The summed E-state index contributed by atoms with van der Waals surface area (Å²) in [5, 5.41) is -11.7. The third kappa shape index (κ3) is 3.52. The predicted molar refractivity (Wildman–Crippen MR) is 76.9 cm³/mol. The van der Waals surface area contributed by atoms with Gasteiger partial charge < -0.3 is 0 Å². The second-order valence-corrected chi connectivity index (χ2v) is 9.92. The lowest BCUT2D eigenvalue weighted by Gasteiger charge is -2.41. The summed E-state index contributed by atoms with van der Waals surface area (Å²) in [6, 6.07) is 0. The molecule has 0 spiro atoms. The molecule has 13 heteroatoms. The van der Waals surface area contributed by atoms with Crippen molar-refractivity contribution in [1.82, 2.24) is 4.31 Å². The minimum atomic E-state index is -6.57. The molecule has 1 aliphatic carbocycles. The largest absolute Gasteiger partial charge is 0.407 e. The molecule has 1 saturated heterocycles. The first kappa shape index (κ1) is 20.8. The Morgan fingerprint density at radius 3 is 1.96 bits per heavy atom. The molecule has 0 aromatic carbocycles. The summed E-state index contributed by atoms with van der Waals surface area (Å²) in [6.07, 6.45) is -1.60. The standard InChI is InChI=1S/C12H18F5NO5S2/c13-10(12(16,17)25(21,22)23)11(14,15)24(19,20)18-6-5-8-3-1-2-4-9(8)7-18/h8-10H,1-7H2,(H,21,22,23). The maximum atomic E-state index is 14.0. The van der Waals surface area contributed by atoms with Gasteiger partial charge in [0.05, 0.1) is 0 Å². The van der Waals surface area contributed by atoms with Gasteiger partial charge in [0.15, 0.2) is 0 Å². The van der Waals surface area contributed by atoms with E-state index in [4.69, 9.17) is 4.55 Å². The van der Waals surface area contributed by atoms with E-state index in [-0.39, 0.29) is 35.7 Å². The first-order valence-corrected chi connectivity index (χ1v) is 10.5. The Kier molecular flexibility index (Phi) is 5.46. The number of hydrogen-bond donors (Lipinski definition) is 1. The summed E-state index contributed by atoms with van der Waals surface area (Å²) in [4.78, 5) is 0. The summed E-state index contributed by atoms with van der Waals surface area (Å²) in [7, 11) is -12.5. The van der Waals surface area contributed by atoms with Crippen LogP contribution in [-0.2, 0) is 20.1 Å². The van der Waals surface area contributed by atoms with Crippen molar-refractivity contribution in [2.75, 3.05) is 13.1 Å². The molecule has 1 heterocycles. The second kappa shape index (κ2) is 6.57. The van der Waals surface area contributed by atoms with Crippen LogP contribution in [0.25, 0.3) is 0 Å². The highest BCUT2D eigenvalue weighted by molar-refractivity contribution is 7.90. The molecule has 2 aliphatic rings. The van der Waals surface area contributed by atoms with Gasteiger partial charge >= 0.3 is 20.6 Å². The van der Waals surface area contributed by atoms with E-state index in [2.05, 4.69) is 0 Å². The topological polar surface area (TPSA) is 91.7 Å². The van der Waals surface area contributed by atoms with Crippen molar-refractivity contribution in [2.45, 2.75) is 48.8 Å². The quantitative estimate of drug-likeness (QED) is 0.549. The summed E-state index contributed by atoms with van der Waals surface area (Å²) in [5.74, 6) is -0.0949. The van der Waals surface area contributed by atoms with E-state index in [9.17, 15) is 38.8 Å². The molecule has 6 nitrogen and oxygen atoms in total. The third-order valence-corrected chi connectivity index (χ3v) is 7.67. The van der Waals surface area contributed by atoms with Crippen molar-refractivity contribution in [3.8, 4) is 0 Å². The molecule has 0 aromatic heterocycles. The average Bonchev–Trinajstić information content (AvgIpc) is 2.52. The Morgan fingerprint density at radius 1 is 0.920 bits per heavy atom. The molecule has 1 aliphatic heterocycles. The van der Waals surface area contributed by atoms with E-state index in [1.165, 1.54) is 0 Å². The van der Waals surface area contributed by atoms with Crippen LogP contribution in [0.1, 0.15) is 32.1 Å². The molecule has 3 unspecified atom stereocenters. The molecule has 0 aromatic rings. The SMILES string of the molecule is O=S(=O)(O)C(F)(F)C(F)C(F)(F)S(=O)(=O)N1CCC2CCCCC2C1. The van der Waals surface area contributed by atoms with Crippen molar-refractivity contribution >= 4 is 20.1 Å². The van der Waals surface area contributed by atoms with Crippen LogP contribution in [0.3, 0.4) is 0 Å². The van der Waals surface area contributed by atoms with E-state index in [1.807, 2.05) is 0 Å². The van der Waals surface area contributed by atoms with E-state index >= 15 is 0 Å². The minimum Gasteiger partial charge on any atom is -0.281 e. The highest BCUT2D eigenvalue weighted by Gasteiger charge is 2.70. The molecule has 2 fully saturated rings. The van der Waals surface area contributed by atoms with Crippen molar-refractivity contribution in [1.29, 1.82) is 0 Å². The smallest absolute Gasteiger partial charge is 0.281 e. The average molecular weight is 415 g/mol. The normalized spacial score (nSPS) is 28.4. The van der Waals surface area contributed by atoms with Crippen molar-refractivity contribution in [3.63, 3.8) is 0 Å². The lowest BCUT2D eigenvalue weighted by Crippen LogP contribution is -2.58. The first-order valence-electron chi connectivity index (χ1n) is 7.59. The van der Waals surface area contributed by atoms with Gasteiger partial charge in [-0.15, -0.1) is 0 Å². The van der Waals surface area contributed by atoms with Crippen molar-refractivity contribution < 1.29 is 43.3 Å². The van der Waals surface area contributed by atoms with Gasteiger partial charge in [-0.1, -0.05) is 19.3 Å². The molecule has 2 rings (SSSR count). The molecule has 0 amide bonds. The summed E-state index contributed by atoms with van der Waals surface area (Å²) in [5.41, 5.74) is 0. The van der Waals surface area contributed by atoms with Gasteiger partial charge in [-0.25, -0.2) is 12.8 Å². The maximum absolute atomic E-state index is 14.0. The van der Waals surface area contributed by atoms with Crippen LogP contribution in [0.2, 0.25) is 0 Å². The number of sulfonamides is 1. The number of alkyl halides is 5. The zero-order valence-electron chi connectivity index (χ0n) is 12.9. The number of rotatable bonds is 5. The van der Waals surface area contributed by atoms with Crippen LogP contribution in [0.15, 0.2) is 0 Å². The van der Waals surface area contributed by atoms with E-state index in [1.54, 1.807) is 0 Å². The van der Waals surface area contributed by atoms with Gasteiger partial charge in [0, 0.05) is 13.1 Å². The van der Waals surface area contributed by atoms with Crippen LogP contribution in [0, 0.1) is 11.8 Å². The molecular weight excluding hydrogens is 397 g/mol. The molecule has 1 saturated carbocycles. The number of hydrogen-bond acceptors (Lipinski definition) is 4. The zero-order valence-corrected chi connectivity index (χ0v) is 14.5. The van der Waals surface area contributed by atoms with E-state index < -0.39 is 36.8 Å². The summed E-state index contributed by atoms with van der Waals surface area (Å²) in [6.45, 7) is -0.740. The predicted octanol–water partition coefficient (Wildman–Crippen LogP) is 2.24. The lowest BCUT2D eigenvalue weighted by atomic mass is 9.76. The third-order valence-electron chi connectivity index (χ3n) is 4.87. The molecule has 148 valence electrons. The fraction of sp³-hybridized carbons (Fsp3) is 1.00. The molecule has 1 N–H and O–H groups in total. The van der Waals surface area contributed by atoms with Gasteiger partial charge in [-0.05, 0) is 24.7 Å². The van der Waals surface area contributed by atoms with Crippen LogP contribution >= 0.6 is 0 Å². The zero-order chi connectivity index (χ0) is 19.3. The summed E-state index contributed by atoms with van der Waals surface area (Å²) >= 11 is 0. The molecule has 3 atom stereocenters. The maximum Gasteiger partial charge on any atom is 0.407 e. The number of halogens is 5. The lowest BCUT2D eigenvalue weighted by molar-refractivity contribution is -0.103. The van der Waals surface area contributed by atoms with Gasteiger partial charge in [-0.3, -0.25) is 4.55 Å². The van der Waals surface area contributed by atoms with Crippen molar-refractivity contribution in [2.24, 2.45) is 11.8 Å². The number of fused-ring (bicyclic) bond motifs is 1. The van der Waals surface area contributed by atoms with Gasteiger partial charge in [0.25, 0.3) is 16.2 Å². The number of piperidine rings is 1. The first-order chi connectivity index (χ1) is 11.2.